The van der Waals surface area contributed by atoms with Gasteiger partial charge in [-0.15, -0.1) is 0 Å². The largest absolute Gasteiger partial charge is 0.411 e. The Labute approximate surface area is 201 Å². The maximum absolute atomic E-state index is 13.1. The Hall–Kier alpha value is -2.97. The molecule has 1 aromatic carbocycles. The van der Waals surface area contributed by atoms with Gasteiger partial charge in [0.25, 0.3) is 5.82 Å². The summed E-state index contributed by atoms with van der Waals surface area (Å²) in [6.45, 7) is 8.81. The number of oxime groups is 1. The number of benzene rings is 1. The van der Waals surface area contributed by atoms with Gasteiger partial charge < -0.3 is 14.8 Å². The fourth-order valence-corrected chi connectivity index (χ4v) is 5.03. The highest BCUT2D eigenvalue weighted by Crippen LogP contribution is 2.28. The molecule has 1 aromatic heterocycles. The van der Waals surface area contributed by atoms with Crippen molar-refractivity contribution in [2.24, 2.45) is 11.1 Å². The maximum atomic E-state index is 13.1. The second-order valence-electron chi connectivity index (χ2n) is 9.12. The van der Waals surface area contributed by atoms with Gasteiger partial charge in [-0.25, -0.2) is 9.55 Å². The fraction of sp³-hybridized carbons (Fsp3) is 0.500. The van der Waals surface area contributed by atoms with E-state index in [1.165, 1.54) is 12.6 Å². The first-order valence-electron chi connectivity index (χ1n) is 12.3. The molecule has 2 aliphatic rings. The van der Waals surface area contributed by atoms with Crippen LogP contribution in [0, 0.1) is 5.92 Å². The monoisotopic (exact) mass is 466 g/mol. The summed E-state index contributed by atoms with van der Waals surface area (Å²) in [5, 5.41) is 12.5. The van der Waals surface area contributed by atoms with Gasteiger partial charge in [-0.3, -0.25) is 9.69 Å². The van der Waals surface area contributed by atoms with E-state index in [0.717, 1.165) is 93.2 Å². The van der Waals surface area contributed by atoms with E-state index < -0.39 is 0 Å². The van der Waals surface area contributed by atoms with Gasteiger partial charge in [0.1, 0.15) is 6.54 Å². The normalized spacial score (nSPS) is 18.6. The molecule has 0 bridgehead atoms. The lowest BCUT2D eigenvalue weighted by Gasteiger charge is -2.26. The van der Waals surface area contributed by atoms with Crippen molar-refractivity contribution >= 4 is 34.4 Å². The number of amides is 1. The van der Waals surface area contributed by atoms with Crippen LogP contribution in [0.3, 0.4) is 0 Å². The third-order valence-electron chi connectivity index (χ3n) is 6.98. The van der Waals surface area contributed by atoms with Crippen molar-refractivity contribution in [3.8, 4) is 0 Å². The van der Waals surface area contributed by atoms with Crippen LogP contribution in [0.15, 0.2) is 42.1 Å². The summed E-state index contributed by atoms with van der Waals surface area (Å²) >= 11 is 0. The zero-order valence-corrected chi connectivity index (χ0v) is 20.1. The summed E-state index contributed by atoms with van der Waals surface area (Å²) in [5.41, 5.74) is 3.57. The predicted octanol–water partition coefficient (Wildman–Crippen LogP) is 3.36. The first-order chi connectivity index (χ1) is 16.6. The molecule has 4 rings (SSSR count). The minimum Gasteiger partial charge on any atom is -0.411 e. The molecule has 8 nitrogen and oxygen atoms in total. The van der Waals surface area contributed by atoms with Crippen molar-refractivity contribution in [3.63, 3.8) is 0 Å². The Morgan fingerprint density at radius 1 is 1.32 bits per heavy atom. The molecule has 1 saturated heterocycles. The van der Waals surface area contributed by atoms with Crippen molar-refractivity contribution in [2.45, 2.75) is 38.6 Å². The SMILES string of the molecule is C=C/C=C(\C=N\O)c1[nH]c2cc(N(C)C(=O)C3CCCCC3)ccc2[n+]1CCN1CCOCC1. The first-order valence-corrected chi connectivity index (χ1v) is 12.3. The molecule has 1 aliphatic heterocycles. The summed E-state index contributed by atoms with van der Waals surface area (Å²) in [5.74, 6) is 1.15. The number of ether oxygens (including phenoxy) is 1. The van der Waals surface area contributed by atoms with E-state index in [1.54, 1.807) is 11.0 Å². The number of nitrogens with one attached hydrogen (secondary N) is 1. The van der Waals surface area contributed by atoms with Crippen molar-refractivity contribution in [1.29, 1.82) is 0 Å². The summed E-state index contributed by atoms with van der Waals surface area (Å²) < 4.78 is 7.68. The number of carbonyl (C=O) groups excluding carboxylic acids is 1. The highest BCUT2D eigenvalue weighted by atomic mass is 16.5. The Kier molecular flexibility index (Phi) is 8.13. The molecule has 1 saturated carbocycles. The number of allylic oxidation sites excluding steroid dienone is 3. The topological polar surface area (TPSA) is 85.0 Å². The van der Waals surface area contributed by atoms with Crippen LogP contribution in [0.5, 0.6) is 0 Å². The van der Waals surface area contributed by atoms with Crippen LogP contribution in [-0.4, -0.2) is 67.1 Å². The zero-order valence-electron chi connectivity index (χ0n) is 20.1. The number of anilines is 1. The van der Waals surface area contributed by atoms with Crippen molar-refractivity contribution in [1.82, 2.24) is 9.88 Å². The third kappa shape index (κ3) is 5.39. The number of hydrogen-bond acceptors (Lipinski definition) is 5. The number of fused-ring (bicyclic) bond motifs is 1. The molecule has 2 aromatic rings. The molecule has 1 amide bonds. The van der Waals surface area contributed by atoms with Crippen LogP contribution < -0.4 is 9.47 Å². The Morgan fingerprint density at radius 3 is 2.79 bits per heavy atom. The number of nitrogens with zero attached hydrogens (tertiary/aromatic N) is 4. The van der Waals surface area contributed by atoms with Gasteiger partial charge in [0.2, 0.25) is 5.91 Å². The highest BCUT2D eigenvalue weighted by molar-refractivity contribution is 6.08. The van der Waals surface area contributed by atoms with E-state index in [9.17, 15) is 10.0 Å². The fourth-order valence-electron chi connectivity index (χ4n) is 5.03. The number of aromatic nitrogens is 2. The summed E-state index contributed by atoms with van der Waals surface area (Å²) in [6.07, 6.45) is 10.4. The summed E-state index contributed by atoms with van der Waals surface area (Å²) in [4.78, 5) is 20.8. The summed E-state index contributed by atoms with van der Waals surface area (Å²) in [6, 6.07) is 6.12. The second kappa shape index (κ2) is 11.4. The van der Waals surface area contributed by atoms with Gasteiger partial charge in [0.15, 0.2) is 11.0 Å². The van der Waals surface area contributed by atoms with Crippen LogP contribution in [0.25, 0.3) is 16.6 Å². The van der Waals surface area contributed by atoms with Gasteiger partial charge in [0, 0.05) is 44.4 Å². The van der Waals surface area contributed by atoms with Crippen LogP contribution >= 0.6 is 0 Å². The van der Waals surface area contributed by atoms with Gasteiger partial charge in [-0.2, -0.15) is 0 Å². The van der Waals surface area contributed by atoms with Crippen LogP contribution in [0.2, 0.25) is 0 Å². The smallest absolute Gasteiger partial charge is 0.289 e. The molecular weight excluding hydrogens is 430 g/mol. The maximum Gasteiger partial charge on any atom is 0.289 e. The molecule has 0 atom stereocenters. The number of morpholine rings is 1. The number of carbonyl (C=O) groups is 1. The van der Waals surface area contributed by atoms with Gasteiger partial charge in [0.05, 0.1) is 25.0 Å². The second-order valence-corrected chi connectivity index (χ2v) is 9.12. The first kappa shape index (κ1) is 24.2. The number of hydrogen-bond donors (Lipinski definition) is 2. The van der Waals surface area contributed by atoms with Crippen molar-refractivity contribution in [2.75, 3.05) is 44.8 Å². The van der Waals surface area contributed by atoms with Gasteiger partial charge in [-0.05, 0) is 31.1 Å². The van der Waals surface area contributed by atoms with E-state index in [-0.39, 0.29) is 11.8 Å². The lowest BCUT2D eigenvalue weighted by atomic mass is 9.88. The van der Waals surface area contributed by atoms with Gasteiger partial charge >= 0.3 is 0 Å². The van der Waals surface area contributed by atoms with Crippen molar-refractivity contribution in [3.05, 3.63) is 42.8 Å². The molecule has 0 radical (unpaired) electrons. The molecule has 0 spiro atoms. The lowest BCUT2D eigenvalue weighted by Crippen LogP contribution is -2.46. The standard InChI is InChI=1S/C26H35N5O3/c1-3-7-21(19-27-33)25-28-23-18-22(29(2)26(32)20-8-5-4-6-9-20)10-11-24(23)31(25)13-12-30-14-16-34-17-15-30/h3,7,10-11,18-20,33H,1,4-6,8-9,12-17H2,2H3/p+1/b21-7+,27-19+. The molecule has 2 heterocycles. The zero-order chi connectivity index (χ0) is 23.9. The lowest BCUT2D eigenvalue weighted by molar-refractivity contribution is -0.673. The predicted molar refractivity (Wildman–Crippen MR) is 134 cm³/mol. The number of imidazole rings is 1. The molecule has 1 aliphatic carbocycles. The average Bonchev–Trinajstić information content (AvgIpc) is 3.25. The van der Waals surface area contributed by atoms with Crippen LogP contribution in [-0.2, 0) is 16.1 Å². The summed E-state index contributed by atoms with van der Waals surface area (Å²) in [7, 11) is 1.87. The third-order valence-corrected chi connectivity index (χ3v) is 6.98. The number of H-pyrrole nitrogens is 1. The Bertz CT molecular complexity index is 1060. The molecule has 182 valence electrons. The van der Waals surface area contributed by atoms with Gasteiger partial charge in [-0.1, -0.05) is 37.1 Å². The Balaban J connectivity index is 1.66. The average molecular weight is 467 g/mol. The molecular formula is C26H36N5O3+. The number of rotatable bonds is 8. The van der Waals surface area contributed by atoms with E-state index >= 15 is 0 Å². The quantitative estimate of drug-likeness (QED) is 0.205. The molecule has 2 fully saturated rings. The minimum absolute atomic E-state index is 0.120. The van der Waals surface area contributed by atoms with E-state index in [1.807, 2.05) is 25.3 Å². The molecule has 2 N–H and O–H groups in total. The van der Waals surface area contributed by atoms with Crippen LogP contribution in [0.4, 0.5) is 5.69 Å². The van der Waals surface area contributed by atoms with E-state index in [4.69, 9.17) is 4.74 Å². The molecule has 8 heteroatoms. The minimum atomic E-state index is 0.120. The Morgan fingerprint density at radius 2 is 2.09 bits per heavy atom. The van der Waals surface area contributed by atoms with E-state index in [0.29, 0.717) is 0 Å². The molecule has 0 unspecified atom stereocenters. The van der Waals surface area contributed by atoms with Crippen molar-refractivity contribution < 1.29 is 19.3 Å². The van der Waals surface area contributed by atoms with Crippen LogP contribution in [0.1, 0.15) is 37.9 Å². The number of aromatic amines is 1. The molecule has 34 heavy (non-hydrogen) atoms. The highest BCUT2D eigenvalue weighted by Gasteiger charge is 2.27. The van der Waals surface area contributed by atoms with E-state index in [2.05, 4.69) is 32.3 Å².